The second kappa shape index (κ2) is 12.5. The molecular weight excluding hydrogens is 549 g/mol. The highest BCUT2D eigenvalue weighted by Gasteiger charge is 2.34. The summed E-state index contributed by atoms with van der Waals surface area (Å²) in [7, 11) is 0. The summed E-state index contributed by atoms with van der Waals surface area (Å²) in [5.41, 5.74) is 1.30. The van der Waals surface area contributed by atoms with E-state index < -0.39 is 36.1 Å². The Morgan fingerprint density at radius 2 is 1.89 bits per heavy atom. The highest BCUT2D eigenvalue weighted by molar-refractivity contribution is 9.10. The van der Waals surface area contributed by atoms with Crippen molar-refractivity contribution in [1.29, 1.82) is 0 Å². The van der Waals surface area contributed by atoms with E-state index in [1.807, 2.05) is 0 Å². The molecule has 1 fully saturated rings. The Morgan fingerprint density at radius 1 is 1.14 bits per heavy atom. The number of amides is 3. The van der Waals surface area contributed by atoms with Crippen LogP contribution in [-0.4, -0.2) is 49.8 Å². The van der Waals surface area contributed by atoms with Crippen molar-refractivity contribution < 1.29 is 37.0 Å². The fourth-order valence-electron chi connectivity index (χ4n) is 3.15. The van der Waals surface area contributed by atoms with Gasteiger partial charge in [0.1, 0.15) is 5.75 Å². The zero-order valence-electron chi connectivity index (χ0n) is 18.7. The molecule has 3 rings (SSSR count). The van der Waals surface area contributed by atoms with Crippen molar-refractivity contribution in [2.75, 3.05) is 25.1 Å². The predicted molar refractivity (Wildman–Crippen MR) is 127 cm³/mol. The average molecular weight is 571 g/mol. The molecule has 0 unspecified atom stereocenters. The molecule has 13 heteroatoms. The molecule has 1 aliphatic rings. The van der Waals surface area contributed by atoms with Crippen molar-refractivity contribution in [1.82, 2.24) is 10.7 Å². The van der Waals surface area contributed by atoms with E-state index in [0.29, 0.717) is 12.2 Å². The first-order valence-corrected chi connectivity index (χ1v) is 11.5. The molecule has 1 saturated heterocycles. The zero-order chi connectivity index (χ0) is 26.1. The van der Waals surface area contributed by atoms with E-state index in [4.69, 9.17) is 9.47 Å². The quantitative estimate of drug-likeness (QED) is 0.256. The lowest BCUT2D eigenvalue weighted by Crippen LogP contribution is -2.41. The van der Waals surface area contributed by atoms with Crippen LogP contribution in [0.1, 0.15) is 24.0 Å². The van der Waals surface area contributed by atoms with E-state index in [2.05, 4.69) is 37.1 Å². The minimum absolute atomic E-state index is 0.0878. The molecule has 0 saturated carbocycles. The van der Waals surface area contributed by atoms with Crippen molar-refractivity contribution in [3.8, 4) is 5.75 Å². The Hall–Kier alpha value is -3.45. The van der Waals surface area contributed by atoms with Gasteiger partial charge < -0.3 is 20.1 Å². The van der Waals surface area contributed by atoms with Crippen LogP contribution in [0.25, 0.3) is 0 Å². The zero-order valence-corrected chi connectivity index (χ0v) is 20.3. The molecule has 2 aromatic rings. The Balaban J connectivity index is 1.43. The lowest BCUT2D eigenvalue weighted by molar-refractivity contribution is -0.139. The normalized spacial score (nSPS) is 15.5. The van der Waals surface area contributed by atoms with Gasteiger partial charge in [0.15, 0.2) is 6.61 Å². The molecule has 3 amide bonds. The standard InChI is InChI=1S/C23H22BrF3N4O5/c24-15-5-8-19(18(10-15)23(25,26)27)30-20(32)13-36-16-6-3-14(4-7-16)11-29-31-22(34)21(33)28-12-17-2-1-9-35-17/h3-8,10-11,17H,1-2,9,12-13H2,(H,28,33)(H,30,32)(H,31,34)/b29-11-/t17-/m1/s1. The highest BCUT2D eigenvalue weighted by atomic mass is 79.9. The summed E-state index contributed by atoms with van der Waals surface area (Å²) in [6.45, 7) is 0.378. The van der Waals surface area contributed by atoms with E-state index in [-0.39, 0.29) is 28.6 Å². The number of nitrogens with one attached hydrogen (secondary N) is 3. The first-order chi connectivity index (χ1) is 17.1. The lowest BCUT2D eigenvalue weighted by Gasteiger charge is -2.14. The number of halogens is 4. The molecule has 36 heavy (non-hydrogen) atoms. The topological polar surface area (TPSA) is 118 Å². The number of rotatable bonds is 8. The van der Waals surface area contributed by atoms with Crippen LogP contribution in [0.5, 0.6) is 5.75 Å². The molecule has 0 aliphatic carbocycles. The van der Waals surface area contributed by atoms with Crippen LogP contribution in [0, 0.1) is 0 Å². The van der Waals surface area contributed by atoms with Gasteiger partial charge in [0.2, 0.25) is 0 Å². The molecule has 1 heterocycles. The van der Waals surface area contributed by atoms with E-state index in [9.17, 15) is 27.6 Å². The molecule has 3 N–H and O–H groups in total. The Kier molecular flexibility index (Phi) is 9.42. The summed E-state index contributed by atoms with van der Waals surface area (Å²) in [4.78, 5) is 35.6. The van der Waals surface area contributed by atoms with Gasteiger partial charge in [0.05, 0.1) is 23.6 Å². The third-order valence-corrected chi connectivity index (χ3v) is 5.40. The largest absolute Gasteiger partial charge is 0.484 e. The van der Waals surface area contributed by atoms with E-state index in [1.54, 1.807) is 12.1 Å². The minimum atomic E-state index is -4.64. The Bertz CT molecular complexity index is 1120. The van der Waals surface area contributed by atoms with Gasteiger partial charge in [0.25, 0.3) is 5.91 Å². The van der Waals surface area contributed by atoms with Crippen LogP contribution >= 0.6 is 15.9 Å². The van der Waals surface area contributed by atoms with E-state index >= 15 is 0 Å². The number of anilines is 1. The van der Waals surface area contributed by atoms with Gasteiger partial charge >= 0.3 is 18.0 Å². The minimum Gasteiger partial charge on any atom is -0.484 e. The molecule has 2 aromatic carbocycles. The lowest BCUT2D eigenvalue weighted by atomic mass is 10.1. The van der Waals surface area contributed by atoms with Crippen LogP contribution in [-0.2, 0) is 25.3 Å². The number of alkyl halides is 3. The maximum absolute atomic E-state index is 13.2. The maximum Gasteiger partial charge on any atom is 0.418 e. The molecule has 0 bridgehead atoms. The van der Waals surface area contributed by atoms with Crippen molar-refractivity contribution in [3.05, 3.63) is 58.1 Å². The van der Waals surface area contributed by atoms with Crippen molar-refractivity contribution >= 4 is 45.6 Å². The molecule has 0 radical (unpaired) electrons. The number of carbonyl (C=O) groups is 3. The summed E-state index contributed by atoms with van der Waals surface area (Å²) < 4.78 is 50.4. The fourth-order valence-corrected chi connectivity index (χ4v) is 3.51. The third-order valence-electron chi connectivity index (χ3n) is 4.91. The number of hydrogen-bond acceptors (Lipinski definition) is 6. The smallest absolute Gasteiger partial charge is 0.418 e. The van der Waals surface area contributed by atoms with Crippen LogP contribution in [0.15, 0.2) is 52.0 Å². The van der Waals surface area contributed by atoms with E-state index in [1.165, 1.54) is 24.4 Å². The number of benzene rings is 2. The van der Waals surface area contributed by atoms with Gasteiger partial charge in [-0.3, -0.25) is 14.4 Å². The molecule has 0 spiro atoms. The van der Waals surface area contributed by atoms with Crippen molar-refractivity contribution in [3.63, 3.8) is 0 Å². The molecule has 192 valence electrons. The van der Waals surface area contributed by atoms with Crippen LogP contribution in [0.4, 0.5) is 18.9 Å². The number of carbonyl (C=O) groups excluding carboxylic acids is 3. The van der Waals surface area contributed by atoms with E-state index in [0.717, 1.165) is 25.0 Å². The van der Waals surface area contributed by atoms with Crippen LogP contribution in [0.2, 0.25) is 0 Å². The summed E-state index contributed by atoms with van der Waals surface area (Å²) in [5, 5.41) is 8.38. The highest BCUT2D eigenvalue weighted by Crippen LogP contribution is 2.36. The second-order valence-electron chi connectivity index (χ2n) is 7.64. The predicted octanol–water partition coefficient (Wildman–Crippen LogP) is 3.23. The summed E-state index contributed by atoms with van der Waals surface area (Å²) >= 11 is 2.98. The van der Waals surface area contributed by atoms with Crippen molar-refractivity contribution in [2.45, 2.75) is 25.1 Å². The number of nitrogens with zero attached hydrogens (tertiary/aromatic N) is 1. The monoisotopic (exact) mass is 570 g/mol. The SMILES string of the molecule is O=C(COc1ccc(/C=N\NC(=O)C(=O)NC[C@H]2CCCO2)cc1)Nc1ccc(Br)cc1C(F)(F)F. The number of ether oxygens (including phenoxy) is 2. The molecule has 1 aliphatic heterocycles. The first-order valence-electron chi connectivity index (χ1n) is 10.7. The van der Waals surface area contributed by atoms with Gasteiger partial charge in [-0.1, -0.05) is 15.9 Å². The van der Waals surface area contributed by atoms with Gasteiger partial charge in [-0.25, -0.2) is 5.43 Å². The van der Waals surface area contributed by atoms with Crippen LogP contribution in [0.3, 0.4) is 0 Å². The van der Waals surface area contributed by atoms with Crippen LogP contribution < -0.4 is 20.8 Å². The fraction of sp³-hybridized carbons (Fsp3) is 0.304. The molecule has 1 atom stereocenters. The number of hydrazone groups is 1. The van der Waals surface area contributed by atoms with Gasteiger partial charge in [-0.2, -0.15) is 18.3 Å². The summed E-state index contributed by atoms with van der Waals surface area (Å²) in [6, 6.07) is 9.54. The van der Waals surface area contributed by atoms with Gasteiger partial charge in [-0.05, 0) is 60.9 Å². The number of hydrogen-bond donors (Lipinski definition) is 3. The Morgan fingerprint density at radius 3 is 2.56 bits per heavy atom. The van der Waals surface area contributed by atoms with Gasteiger partial charge in [0, 0.05) is 17.6 Å². The second-order valence-corrected chi connectivity index (χ2v) is 8.55. The van der Waals surface area contributed by atoms with Crippen molar-refractivity contribution in [2.24, 2.45) is 5.10 Å². The first kappa shape index (κ1) is 27.1. The third kappa shape index (κ3) is 8.34. The molecule has 0 aromatic heterocycles. The summed E-state index contributed by atoms with van der Waals surface area (Å²) in [5.74, 6) is -2.23. The molecule has 9 nitrogen and oxygen atoms in total. The molecular formula is C23H22BrF3N4O5. The Labute approximate surface area is 212 Å². The summed E-state index contributed by atoms with van der Waals surface area (Å²) in [6.07, 6.45) is -1.68. The maximum atomic E-state index is 13.2. The van der Waals surface area contributed by atoms with Gasteiger partial charge in [-0.15, -0.1) is 0 Å². The average Bonchev–Trinajstić information content (AvgIpc) is 3.36.